The van der Waals surface area contributed by atoms with Crippen molar-refractivity contribution in [3.8, 4) is 22.5 Å². The topological polar surface area (TPSA) is 116 Å². The maximum absolute atomic E-state index is 13.7. The van der Waals surface area contributed by atoms with E-state index in [1.807, 2.05) is 35.8 Å². The van der Waals surface area contributed by atoms with Crippen molar-refractivity contribution in [3.63, 3.8) is 0 Å². The summed E-state index contributed by atoms with van der Waals surface area (Å²) in [4.78, 5) is 32.0. The van der Waals surface area contributed by atoms with Crippen LogP contribution in [-0.4, -0.2) is 39.3 Å². The fourth-order valence-corrected chi connectivity index (χ4v) is 5.20. The van der Waals surface area contributed by atoms with Crippen LogP contribution in [0.2, 0.25) is 0 Å². The monoisotopic (exact) mass is 524 g/mol. The Morgan fingerprint density at radius 1 is 0.974 bits per heavy atom. The van der Waals surface area contributed by atoms with E-state index in [-0.39, 0.29) is 17.2 Å². The second kappa shape index (κ2) is 10.1. The molecule has 1 aliphatic rings. The van der Waals surface area contributed by atoms with E-state index < -0.39 is 0 Å². The zero-order valence-electron chi connectivity index (χ0n) is 22.5. The molecule has 3 aromatic heterocycles. The molecule has 1 fully saturated rings. The van der Waals surface area contributed by atoms with Gasteiger partial charge in [0.05, 0.1) is 0 Å². The molecule has 10 nitrogen and oxygen atoms in total. The summed E-state index contributed by atoms with van der Waals surface area (Å²) >= 11 is 0. The number of hydrogen-bond acceptors (Lipinski definition) is 6. The Kier molecular flexibility index (Phi) is 6.46. The minimum atomic E-state index is -0.245. The average molecular weight is 525 g/mol. The first-order valence-corrected chi connectivity index (χ1v) is 13.6. The number of imidazole rings is 1. The van der Waals surface area contributed by atoms with Gasteiger partial charge in [-0.1, -0.05) is 69.3 Å². The summed E-state index contributed by atoms with van der Waals surface area (Å²) in [6, 6.07) is 16.2. The van der Waals surface area contributed by atoms with Crippen molar-refractivity contribution in [2.75, 3.05) is 0 Å². The Bertz CT molecular complexity index is 1740. The minimum Gasteiger partial charge on any atom is -0.318 e. The first-order valence-electron chi connectivity index (χ1n) is 13.6. The highest BCUT2D eigenvalue weighted by atomic mass is 16.2. The molecule has 1 aliphatic carbocycles. The lowest BCUT2D eigenvalue weighted by molar-refractivity contribution is 0.477. The maximum Gasteiger partial charge on any atom is 0.332 e. The number of aryl methyl sites for hydroxylation is 1. The molecule has 1 N–H and O–H groups in total. The fourth-order valence-electron chi connectivity index (χ4n) is 5.20. The van der Waals surface area contributed by atoms with Crippen LogP contribution >= 0.6 is 0 Å². The van der Waals surface area contributed by atoms with Gasteiger partial charge in [-0.15, -0.1) is 10.2 Å². The molecule has 10 heteroatoms. The predicted molar refractivity (Wildman–Crippen MR) is 149 cm³/mol. The molecular formula is C29H32N8O2. The lowest BCUT2D eigenvalue weighted by Gasteiger charge is -2.14. The molecule has 200 valence electrons. The van der Waals surface area contributed by atoms with Crippen LogP contribution in [0.4, 0.5) is 0 Å². The van der Waals surface area contributed by atoms with Crippen molar-refractivity contribution in [1.29, 1.82) is 0 Å². The van der Waals surface area contributed by atoms with E-state index in [9.17, 15) is 9.59 Å². The molecule has 1 saturated carbocycles. The van der Waals surface area contributed by atoms with E-state index in [0.717, 1.165) is 40.9 Å². The van der Waals surface area contributed by atoms with E-state index >= 15 is 0 Å². The minimum absolute atomic E-state index is 0.236. The number of nitrogens with one attached hydrogen (secondary N) is 1. The van der Waals surface area contributed by atoms with Crippen LogP contribution in [0.1, 0.15) is 45.0 Å². The van der Waals surface area contributed by atoms with Crippen molar-refractivity contribution in [2.24, 2.45) is 11.8 Å². The number of aromatic amines is 1. The number of aromatic nitrogens is 8. The highest BCUT2D eigenvalue weighted by Gasteiger charge is 2.27. The summed E-state index contributed by atoms with van der Waals surface area (Å²) in [6.07, 6.45) is 2.79. The molecule has 0 bridgehead atoms. The Hall–Kier alpha value is -4.34. The van der Waals surface area contributed by atoms with Gasteiger partial charge in [-0.2, -0.15) is 5.21 Å². The lowest BCUT2D eigenvalue weighted by Crippen LogP contribution is -2.41. The van der Waals surface area contributed by atoms with Crippen molar-refractivity contribution < 1.29 is 0 Å². The third-order valence-corrected chi connectivity index (χ3v) is 7.31. The van der Waals surface area contributed by atoms with Crippen molar-refractivity contribution in [1.82, 2.24) is 39.3 Å². The Balaban J connectivity index is 1.42. The predicted octanol–water partition coefficient (Wildman–Crippen LogP) is 3.88. The molecule has 0 atom stereocenters. The van der Waals surface area contributed by atoms with E-state index in [4.69, 9.17) is 4.98 Å². The van der Waals surface area contributed by atoms with E-state index in [1.165, 1.54) is 4.57 Å². The molecule has 0 radical (unpaired) electrons. The largest absolute Gasteiger partial charge is 0.332 e. The van der Waals surface area contributed by atoms with E-state index in [1.54, 1.807) is 4.57 Å². The van der Waals surface area contributed by atoms with Gasteiger partial charge < -0.3 is 4.57 Å². The van der Waals surface area contributed by atoms with Gasteiger partial charge in [-0.05, 0) is 46.6 Å². The second-order valence-corrected chi connectivity index (χ2v) is 10.8. The zero-order valence-corrected chi connectivity index (χ0v) is 22.5. The fraction of sp³-hybridized carbons (Fsp3) is 0.379. The molecule has 0 saturated heterocycles. The summed E-state index contributed by atoms with van der Waals surface area (Å²) in [5.41, 5.74) is 4.50. The number of hydrogen-bond donors (Lipinski definition) is 1. The smallest absolute Gasteiger partial charge is 0.318 e. The van der Waals surface area contributed by atoms with Crippen LogP contribution in [-0.2, 0) is 26.1 Å². The number of fused-ring (bicyclic) bond motifs is 1. The molecule has 39 heavy (non-hydrogen) atoms. The van der Waals surface area contributed by atoms with Gasteiger partial charge in [0.25, 0.3) is 5.56 Å². The molecule has 2 aromatic carbocycles. The van der Waals surface area contributed by atoms with Gasteiger partial charge in [-0.25, -0.2) is 9.78 Å². The van der Waals surface area contributed by atoms with Gasteiger partial charge >= 0.3 is 5.69 Å². The van der Waals surface area contributed by atoms with Gasteiger partial charge in [0.2, 0.25) is 5.82 Å². The first-order chi connectivity index (χ1) is 18.9. The summed E-state index contributed by atoms with van der Waals surface area (Å²) in [7, 11) is 0. The summed E-state index contributed by atoms with van der Waals surface area (Å²) in [5.74, 6) is 2.00. The standard InChI is InChI=1S/C29H32N8O2/c1-4-24-30-27-25(28(38)37(17-19-9-10-19)29(39)36(27)15-18(2)3)35(24)16-20-11-13-21(14-12-20)22-7-5-6-8-23(22)26-31-33-34-32-26/h5-8,11-14,18-19H,4,9-10,15-17H2,1-3H3,(H,31,32,33,34). The third-order valence-electron chi connectivity index (χ3n) is 7.31. The van der Waals surface area contributed by atoms with E-state index in [0.29, 0.717) is 49.0 Å². The molecule has 6 rings (SSSR count). The molecule has 0 amide bonds. The van der Waals surface area contributed by atoms with E-state index in [2.05, 4.69) is 58.7 Å². The van der Waals surface area contributed by atoms with Crippen LogP contribution in [0, 0.1) is 11.8 Å². The molecule has 5 aromatic rings. The van der Waals surface area contributed by atoms with Crippen molar-refractivity contribution >= 4 is 11.2 Å². The van der Waals surface area contributed by atoms with Gasteiger partial charge in [0.15, 0.2) is 11.2 Å². The summed E-state index contributed by atoms with van der Waals surface area (Å²) in [6.45, 7) is 7.67. The second-order valence-electron chi connectivity index (χ2n) is 10.8. The average Bonchev–Trinajstić information content (AvgIpc) is 3.45. The number of H-pyrrole nitrogens is 1. The normalized spacial score (nSPS) is 13.5. The van der Waals surface area contributed by atoms with Gasteiger partial charge in [0.1, 0.15) is 5.82 Å². The van der Waals surface area contributed by atoms with Crippen molar-refractivity contribution in [2.45, 2.75) is 59.7 Å². The number of benzene rings is 2. The highest BCUT2D eigenvalue weighted by Crippen LogP contribution is 2.31. The van der Waals surface area contributed by atoms with Crippen LogP contribution in [0.5, 0.6) is 0 Å². The quantitative estimate of drug-likeness (QED) is 0.313. The van der Waals surface area contributed by atoms with Crippen LogP contribution in [0.25, 0.3) is 33.7 Å². The van der Waals surface area contributed by atoms with Crippen LogP contribution in [0.3, 0.4) is 0 Å². The molecule has 0 spiro atoms. The molecule has 3 heterocycles. The number of tetrazole rings is 1. The SMILES string of the molecule is CCc1nc2c(c(=O)n(CC3CC3)c(=O)n2CC(C)C)n1Cc1ccc(-c2ccccc2-c2nn[nH]n2)cc1. The summed E-state index contributed by atoms with van der Waals surface area (Å²) < 4.78 is 5.15. The first kappa shape index (κ1) is 25.0. The molecular weight excluding hydrogens is 492 g/mol. The Morgan fingerprint density at radius 2 is 1.72 bits per heavy atom. The summed E-state index contributed by atoms with van der Waals surface area (Å²) in [5, 5.41) is 14.5. The molecule has 0 aliphatic heterocycles. The Labute approximate surface area is 225 Å². The zero-order chi connectivity index (χ0) is 27.1. The van der Waals surface area contributed by atoms with Gasteiger partial charge in [-0.3, -0.25) is 13.9 Å². The van der Waals surface area contributed by atoms with Crippen molar-refractivity contribution in [3.05, 3.63) is 80.8 Å². The third kappa shape index (κ3) is 4.71. The lowest BCUT2D eigenvalue weighted by atomic mass is 9.98. The van der Waals surface area contributed by atoms with Crippen LogP contribution in [0.15, 0.2) is 58.1 Å². The Morgan fingerprint density at radius 3 is 2.36 bits per heavy atom. The van der Waals surface area contributed by atoms with Crippen LogP contribution < -0.4 is 11.2 Å². The highest BCUT2D eigenvalue weighted by molar-refractivity contribution is 5.80. The maximum atomic E-state index is 13.7. The molecule has 0 unspecified atom stereocenters. The number of nitrogens with zero attached hydrogens (tertiary/aromatic N) is 7. The number of rotatable bonds is 9. The van der Waals surface area contributed by atoms with Gasteiger partial charge in [0, 0.05) is 31.6 Å².